The standard InChI is InChI=1S/C21H23N3O/c22-15-10-8-14(9-11-15)21(25)18(23)13-17-16-5-1-2-6-19(16)24-12-4-3-7-20(17)24/h3-4,7-12,18H,1-2,5-6,13,22-23H2. The number of hydrogen-bond donors (Lipinski definition) is 2. The molecule has 1 aliphatic rings. The number of carbonyl (C=O) groups excluding carboxylic acids is 1. The van der Waals surface area contributed by atoms with E-state index in [2.05, 4.69) is 28.8 Å². The van der Waals surface area contributed by atoms with Gasteiger partial charge in [0.15, 0.2) is 5.78 Å². The van der Waals surface area contributed by atoms with Crippen LogP contribution in [-0.2, 0) is 19.3 Å². The molecule has 4 rings (SSSR count). The molecular formula is C21H23N3O. The van der Waals surface area contributed by atoms with Gasteiger partial charge in [0, 0.05) is 28.7 Å². The molecule has 0 radical (unpaired) electrons. The molecule has 1 unspecified atom stereocenters. The number of hydrogen-bond acceptors (Lipinski definition) is 3. The molecule has 4 heteroatoms. The first-order valence-electron chi connectivity index (χ1n) is 8.90. The van der Waals surface area contributed by atoms with Crippen LogP contribution in [-0.4, -0.2) is 16.2 Å². The molecule has 0 saturated heterocycles. The first kappa shape index (κ1) is 15.9. The highest BCUT2D eigenvalue weighted by Crippen LogP contribution is 2.31. The zero-order valence-corrected chi connectivity index (χ0v) is 14.2. The van der Waals surface area contributed by atoms with Gasteiger partial charge in [0.05, 0.1) is 6.04 Å². The summed E-state index contributed by atoms with van der Waals surface area (Å²) in [6.45, 7) is 0. The first-order valence-corrected chi connectivity index (χ1v) is 8.90. The zero-order valence-electron chi connectivity index (χ0n) is 14.2. The predicted octanol–water partition coefficient (Wildman–Crippen LogP) is 3.15. The molecule has 4 nitrogen and oxygen atoms in total. The average molecular weight is 333 g/mol. The number of Topliss-reactive ketones (excluding diaryl/α,β-unsaturated/α-hetero) is 1. The Kier molecular flexibility index (Phi) is 4.06. The van der Waals surface area contributed by atoms with Gasteiger partial charge in [0.25, 0.3) is 0 Å². The SMILES string of the molecule is Nc1ccc(C(=O)C(N)Cc2c3c(n4ccccc24)CCCC3)cc1. The van der Waals surface area contributed by atoms with Gasteiger partial charge in [-0.3, -0.25) is 4.79 Å². The number of nitrogen functional groups attached to an aromatic ring is 1. The van der Waals surface area contributed by atoms with E-state index < -0.39 is 6.04 Å². The largest absolute Gasteiger partial charge is 0.399 e. The number of nitrogens with two attached hydrogens (primary N) is 2. The van der Waals surface area contributed by atoms with E-state index in [-0.39, 0.29) is 5.78 Å². The molecule has 3 aromatic rings. The summed E-state index contributed by atoms with van der Waals surface area (Å²) in [7, 11) is 0. The number of carbonyl (C=O) groups is 1. The molecule has 4 N–H and O–H groups in total. The van der Waals surface area contributed by atoms with E-state index in [1.54, 1.807) is 24.3 Å². The maximum Gasteiger partial charge on any atom is 0.179 e. The third kappa shape index (κ3) is 2.83. The summed E-state index contributed by atoms with van der Waals surface area (Å²) in [6, 6.07) is 12.7. The summed E-state index contributed by atoms with van der Waals surface area (Å²) in [5.41, 5.74) is 18.5. The van der Waals surface area contributed by atoms with Crippen LogP contribution in [0.15, 0.2) is 48.7 Å². The third-order valence-corrected chi connectivity index (χ3v) is 5.22. The molecule has 0 saturated carbocycles. The minimum Gasteiger partial charge on any atom is -0.399 e. The topological polar surface area (TPSA) is 73.5 Å². The normalized spacial score (nSPS) is 15.1. The second-order valence-electron chi connectivity index (χ2n) is 6.86. The minimum atomic E-state index is -0.541. The lowest BCUT2D eigenvalue weighted by molar-refractivity contribution is 0.0961. The molecule has 0 amide bonds. The van der Waals surface area contributed by atoms with E-state index in [1.807, 2.05) is 0 Å². The van der Waals surface area contributed by atoms with Crippen LogP contribution >= 0.6 is 0 Å². The monoisotopic (exact) mass is 333 g/mol. The summed E-state index contributed by atoms with van der Waals surface area (Å²) >= 11 is 0. The number of ketones is 1. The summed E-state index contributed by atoms with van der Waals surface area (Å²) in [5.74, 6) is -0.0279. The van der Waals surface area contributed by atoms with Gasteiger partial charge >= 0.3 is 0 Å². The van der Waals surface area contributed by atoms with Crippen molar-refractivity contribution in [3.63, 3.8) is 0 Å². The molecular weight excluding hydrogens is 310 g/mol. The van der Waals surface area contributed by atoms with Crippen LogP contribution in [0.5, 0.6) is 0 Å². The number of fused-ring (bicyclic) bond motifs is 3. The molecule has 1 aromatic carbocycles. The van der Waals surface area contributed by atoms with Gasteiger partial charge in [0.2, 0.25) is 0 Å². The van der Waals surface area contributed by atoms with Crippen LogP contribution in [0.4, 0.5) is 5.69 Å². The van der Waals surface area contributed by atoms with Crippen molar-refractivity contribution < 1.29 is 4.79 Å². The molecule has 1 aliphatic carbocycles. The van der Waals surface area contributed by atoms with E-state index >= 15 is 0 Å². The van der Waals surface area contributed by atoms with E-state index in [0.29, 0.717) is 17.7 Å². The Balaban J connectivity index is 1.68. The Hall–Kier alpha value is -2.59. The van der Waals surface area contributed by atoms with Crippen molar-refractivity contribution in [1.29, 1.82) is 0 Å². The summed E-state index contributed by atoms with van der Waals surface area (Å²) in [5, 5.41) is 0. The van der Waals surface area contributed by atoms with Gasteiger partial charge in [-0.05, 0) is 79.6 Å². The lowest BCUT2D eigenvalue weighted by Crippen LogP contribution is -2.33. The van der Waals surface area contributed by atoms with E-state index in [1.165, 1.54) is 35.2 Å². The molecule has 0 fully saturated rings. The number of benzene rings is 1. The maximum absolute atomic E-state index is 12.7. The van der Waals surface area contributed by atoms with Gasteiger partial charge in [-0.1, -0.05) is 6.07 Å². The molecule has 1 atom stereocenters. The molecule has 0 spiro atoms. The molecule has 128 valence electrons. The average Bonchev–Trinajstić information content (AvgIpc) is 2.96. The predicted molar refractivity (Wildman–Crippen MR) is 101 cm³/mol. The van der Waals surface area contributed by atoms with Crippen LogP contribution in [0, 0.1) is 0 Å². The minimum absolute atomic E-state index is 0.0279. The van der Waals surface area contributed by atoms with Crippen molar-refractivity contribution in [1.82, 2.24) is 4.40 Å². The molecule has 2 aromatic heterocycles. The quantitative estimate of drug-likeness (QED) is 0.569. The number of pyridine rings is 1. The maximum atomic E-state index is 12.7. The van der Waals surface area contributed by atoms with Crippen molar-refractivity contribution in [2.75, 3.05) is 5.73 Å². The summed E-state index contributed by atoms with van der Waals surface area (Å²) < 4.78 is 2.28. The van der Waals surface area contributed by atoms with E-state index in [0.717, 1.165) is 12.8 Å². The third-order valence-electron chi connectivity index (χ3n) is 5.22. The van der Waals surface area contributed by atoms with Crippen LogP contribution < -0.4 is 11.5 Å². The van der Waals surface area contributed by atoms with E-state index in [9.17, 15) is 4.79 Å². The van der Waals surface area contributed by atoms with Crippen molar-refractivity contribution in [3.8, 4) is 0 Å². The summed E-state index contributed by atoms with van der Waals surface area (Å²) in [4.78, 5) is 12.7. The highest BCUT2D eigenvalue weighted by molar-refractivity contribution is 6.00. The molecule has 0 bridgehead atoms. The number of nitrogens with zero attached hydrogens (tertiary/aromatic N) is 1. The molecule has 2 heterocycles. The second kappa shape index (κ2) is 6.37. The fourth-order valence-corrected chi connectivity index (χ4v) is 3.96. The Morgan fingerprint density at radius 1 is 1.08 bits per heavy atom. The van der Waals surface area contributed by atoms with Gasteiger partial charge in [-0.15, -0.1) is 0 Å². The van der Waals surface area contributed by atoms with Crippen LogP contribution in [0.25, 0.3) is 5.52 Å². The number of anilines is 1. The fourth-order valence-electron chi connectivity index (χ4n) is 3.96. The van der Waals surface area contributed by atoms with Gasteiger partial charge < -0.3 is 15.9 Å². The van der Waals surface area contributed by atoms with Gasteiger partial charge in [-0.25, -0.2) is 0 Å². The zero-order chi connectivity index (χ0) is 17.4. The molecule has 25 heavy (non-hydrogen) atoms. The van der Waals surface area contributed by atoms with Crippen molar-refractivity contribution in [2.24, 2.45) is 5.73 Å². The van der Waals surface area contributed by atoms with Crippen molar-refractivity contribution >= 4 is 17.0 Å². The smallest absolute Gasteiger partial charge is 0.179 e. The second-order valence-corrected chi connectivity index (χ2v) is 6.86. The van der Waals surface area contributed by atoms with Crippen LogP contribution in [0.3, 0.4) is 0 Å². The molecule has 0 aliphatic heterocycles. The highest BCUT2D eigenvalue weighted by Gasteiger charge is 2.24. The summed E-state index contributed by atoms with van der Waals surface area (Å²) in [6.07, 6.45) is 7.31. The van der Waals surface area contributed by atoms with Gasteiger partial charge in [0.1, 0.15) is 0 Å². The van der Waals surface area contributed by atoms with Crippen molar-refractivity contribution in [2.45, 2.75) is 38.1 Å². The number of aromatic nitrogens is 1. The van der Waals surface area contributed by atoms with E-state index in [4.69, 9.17) is 11.5 Å². The Morgan fingerprint density at radius 2 is 1.84 bits per heavy atom. The van der Waals surface area contributed by atoms with Crippen molar-refractivity contribution in [3.05, 3.63) is 71.0 Å². The lowest BCUT2D eigenvalue weighted by Gasteiger charge is -2.15. The Labute approximate surface area is 147 Å². The highest BCUT2D eigenvalue weighted by atomic mass is 16.1. The van der Waals surface area contributed by atoms with Gasteiger partial charge in [-0.2, -0.15) is 0 Å². The van der Waals surface area contributed by atoms with Crippen LogP contribution in [0.1, 0.15) is 40.0 Å². The first-order chi connectivity index (χ1) is 12.1. The van der Waals surface area contributed by atoms with Crippen LogP contribution in [0.2, 0.25) is 0 Å². The number of aryl methyl sites for hydroxylation is 1. The Bertz CT molecular complexity index is 924. The lowest BCUT2D eigenvalue weighted by atomic mass is 9.90. The number of rotatable bonds is 4. The Morgan fingerprint density at radius 3 is 2.64 bits per heavy atom. The fraction of sp³-hybridized carbons (Fsp3) is 0.286.